The number of anilines is 1. The van der Waals surface area contributed by atoms with Crippen LogP contribution in [0.1, 0.15) is 31.0 Å². The highest BCUT2D eigenvalue weighted by molar-refractivity contribution is 7.07. The highest BCUT2D eigenvalue weighted by Gasteiger charge is 2.30. The standard InChI is InChI=1S/C24H22N4O4S/c1-14-21(15(2)29)22(17-7-11-18(12-8-17)26(3)4)27-23(30)20(33-24(27)25-14)13-16-5-9-19(10-6-16)28(31)32/h5-13,22H,1-4H3/b20-13+/t22-/m1/s1. The van der Waals surface area contributed by atoms with Gasteiger partial charge >= 0.3 is 0 Å². The topological polar surface area (TPSA) is 97.8 Å². The molecule has 33 heavy (non-hydrogen) atoms. The SMILES string of the molecule is CC(=O)C1=C(C)N=c2s/c(=C/c3ccc([N+](=O)[O-])cc3)c(=O)n2[C@@H]1c1ccc(N(C)C)cc1. The lowest BCUT2D eigenvalue weighted by molar-refractivity contribution is -0.384. The number of thiazole rings is 1. The van der Waals surface area contributed by atoms with Crippen molar-refractivity contribution < 1.29 is 9.72 Å². The second-order valence-electron chi connectivity index (χ2n) is 7.97. The number of nitro benzene ring substituents is 1. The summed E-state index contributed by atoms with van der Waals surface area (Å²) in [6, 6.07) is 13.2. The number of hydrogen-bond acceptors (Lipinski definition) is 7. The molecule has 0 amide bonds. The summed E-state index contributed by atoms with van der Waals surface area (Å²) in [5.74, 6) is -0.136. The van der Waals surface area contributed by atoms with E-state index in [4.69, 9.17) is 0 Å². The summed E-state index contributed by atoms with van der Waals surface area (Å²) in [6.45, 7) is 3.27. The van der Waals surface area contributed by atoms with E-state index >= 15 is 0 Å². The Morgan fingerprint density at radius 1 is 1.15 bits per heavy atom. The van der Waals surface area contributed by atoms with Gasteiger partial charge in [0, 0.05) is 43.2 Å². The summed E-state index contributed by atoms with van der Waals surface area (Å²) in [7, 11) is 3.89. The number of ketones is 1. The van der Waals surface area contributed by atoms with E-state index in [0.29, 0.717) is 26.2 Å². The number of hydrogen-bond donors (Lipinski definition) is 0. The second-order valence-corrected chi connectivity index (χ2v) is 8.98. The summed E-state index contributed by atoms with van der Waals surface area (Å²) in [5.41, 5.74) is 3.30. The van der Waals surface area contributed by atoms with Crippen LogP contribution in [0.3, 0.4) is 0 Å². The number of fused-ring (bicyclic) bond motifs is 1. The number of carbonyl (C=O) groups is 1. The predicted molar refractivity (Wildman–Crippen MR) is 128 cm³/mol. The van der Waals surface area contributed by atoms with Crippen LogP contribution < -0.4 is 19.8 Å². The maximum atomic E-state index is 13.5. The van der Waals surface area contributed by atoms with Crippen LogP contribution in [-0.2, 0) is 4.79 Å². The first-order valence-electron chi connectivity index (χ1n) is 10.2. The van der Waals surface area contributed by atoms with Gasteiger partial charge in [-0.05, 0) is 55.3 Å². The van der Waals surface area contributed by atoms with Crippen molar-refractivity contribution in [3.05, 3.63) is 101 Å². The highest BCUT2D eigenvalue weighted by Crippen LogP contribution is 2.31. The van der Waals surface area contributed by atoms with Crippen LogP contribution in [0.5, 0.6) is 0 Å². The summed E-state index contributed by atoms with van der Waals surface area (Å²) in [5, 5.41) is 10.9. The van der Waals surface area contributed by atoms with Crippen molar-refractivity contribution in [3.8, 4) is 0 Å². The number of benzene rings is 2. The molecular weight excluding hydrogens is 440 g/mol. The van der Waals surface area contributed by atoms with Gasteiger partial charge in [0.15, 0.2) is 10.6 Å². The third-order valence-electron chi connectivity index (χ3n) is 5.53. The molecule has 0 bridgehead atoms. The lowest BCUT2D eigenvalue weighted by Gasteiger charge is -2.25. The Morgan fingerprint density at radius 2 is 1.79 bits per heavy atom. The summed E-state index contributed by atoms with van der Waals surface area (Å²) < 4.78 is 2.01. The molecule has 0 saturated heterocycles. The molecule has 0 spiro atoms. The van der Waals surface area contributed by atoms with E-state index < -0.39 is 11.0 Å². The van der Waals surface area contributed by atoms with E-state index in [1.54, 1.807) is 29.7 Å². The first-order chi connectivity index (χ1) is 15.7. The van der Waals surface area contributed by atoms with Crippen molar-refractivity contribution in [3.63, 3.8) is 0 Å². The van der Waals surface area contributed by atoms with Gasteiger partial charge < -0.3 is 4.90 Å². The Hall–Kier alpha value is -3.85. The van der Waals surface area contributed by atoms with Crippen molar-refractivity contribution in [2.24, 2.45) is 4.99 Å². The number of nitrogens with zero attached hydrogens (tertiary/aromatic N) is 4. The maximum absolute atomic E-state index is 13.5. The van der Waals surface area contributed by atoms with Gasteiger partial charge in [0.25, 0.3) is 11.2 Å². The number of non-ortho nitro benzene ring substituents is 1. The molecule has 0 saturated carbocycles. The van der Waals surface area contributed by atoms with Crippen LogP contribution in [0, 0.1) is 10.1 Å². The molecule has 9 heteroatoms. The van der Waals surface area contributed by atoms with Crippen molar-refractivity contribution in [2.45, 2.75) is 19.9 Å². The van der Waals surface area contributed by atoms with E-state index in [1.165, 1.54) is 30.4 Å². The van der Waals surface area contributed by atoms with Gasteiger partial charge in [0.2, 0.25) is 0 Å². The van der Waals surface area contributed by atoms with E-state index in [1.807, 2.05) is 43.3 Å². The van der Waals surface area contributed by atoms with Crippen molar-refractivity contribution in [1.29, 1.82) is 0 Å². The van der Waals surface area contributed by atoms with Gasteiger partial charge in [-0.3, -0.25) is 24.3 Å². The molecule has 0 fully saturated rings. The Morgan fingerprint density at radius 3 is 2.33 bits per heavy atom. The minimum absolute atomic E-state index is 0.0171. The van der Waals surface area contributed by atoms with E-state index in [0.717, 1.165) is 11.3 Å². The van der Waals surface area contributed by atoms with Crippen molar-refractivity contribution >= 4 is 34.6 Å². The average Bonchev–Trinajstić information content (AvgIpc) is 3.07. The highest BCUT2D eigenvalue weighted by atomic mass is 32.1. The van der Waals surface area contributed by atoms with Crippen molar-refractivity contribution in [2.75, 3.05) is 19.0 Å². The zero-order valence-electron chi connectivity index (χ0n) is 18.6. The van der Waals surface area contributed by atoms with Gasteiger partial charge in [-0.25, -0.2) is 4.99 Å². The number of Topliss-reactive ketones (excluding diaryl/α,β-unsaturated/α-hetero) is 1. The fourth-order valence-corrected chi connectivity index (χ4v) is 4.93. The van der Waals surface area contributed by atoms with Gasteiger partial charge in [-0.2, -0.15) is 0 Å². The molecule has 1 aliphatic heterocycles. The Kier molecular flexibility index (Phi) is 5.82. The van der Waals surface area contributed by atoms with Crippen LogP contribution in [-0.4, -0.2) is 29.4 Å². The van der Waals surface area contributed by atoms with E-state index in [2.05, 4.69) is 4.99 Å². The number of allylic oxidation sites excluding steroid dienone is 2. The average molecular weight is 463 g/mol. The first-order valence-corrected chi connectivity index (χ1v) is 11.0. The van der Waals surface area contributed by atoms with Gasteiger partial charge in [0.1, 0.15) is 0 Å². The van der Waals surface area contributed by atoms with Crippen LogP contribution in [0.25, 0.3) is 6.08 Å². The Labute approximate surface area is 193 Å². The summed E-state index contributed by atoms with van der Waals surface area (Å²) in [6.07, 6.45) is 1.69. The lowest BCUT2D eigenvalue weighted by atomic mass is 9.93. The van der Waals surface area contributed by atoms with Crippen LogP contribution in [0.4, 0.5) is 11.4 Å². The van der Waals surface area contributed by atoms with Gasteiger partial charge in [-0.15, -0.1) is 0 Å². The lowest BCUT2D eigenvalue weighted by Crippen LogP contribution is -2.39. The Bertz CT molecular complexity index is 1460. The van der Waals surface area contributed by atoms with E-state index in [9.17, 15) is 19.7 Å². The molecule has 3 aromatic rings. The fraction of sp³-hybridized carbons (Fsp3) is 0.208. The normalized spacial score (nSPS) is 15.8. The van der Waals surface area contributed by atoms with Gasteiger partial charge in [-0.1, -0.05) is 23.5 Å². The zero-order chi connectivity index (χ0) is 23.9. The summed E-state index contributed by atoms with van der Waals surface area (Å²) >= 11 is 1.23. The molecule has 1 atom stereocenters. The third kappa shape index (κ3) is 4.14. The fourth-order valence-electron chi connectivity index (χ4n) is 3.88. The number of nitro groups is 1. The third-order valence-corrected chi connectivity index (χ3v) is 6.51. The van der Waals surface area contributed by atoms with Crippen LogP contribution in [0.15, 0.2) is 69.6 Å². The molecule has 8 nitrogen and oxygen atoms in total. The molecule has 1 aromatic heterocycles. The molecule has 2 heterocycles. The van der Waals surface area contributed by atoms with Crippen LogP contribution in [0.2, 0.25) is 0 Å². The zero-order valence-corrected chi connectivity index (χ0v) is 19.4. The van der Waals surface area contributed by atoms with E-state index in [-0.39, 0.29) is 17.0 Å². The summed E-state index contributed by atoms with van der Waals surface area (Å²) in [4.78, 5) is 43.5. The molecule has 1 aliphatic rings. The molecule has 2 aromatic carbocycles. The smallest absolute Gasteiger partial charge is 0.271 e. The minimum Gasteiger partial charge on any atom is -0.378 e. The number of carbonyl (C=O) groups excluding carboxylic acids is 1. The minimum atomic E-state index is -0.575. The molecule has 4 rings (SSSR count). The number of aromatic nitrogens is 1. The molecule has 0 unspecified atom stereocenters. The molecule has 0 N–H and O–H groups in total. The maximum Gasteiger partial charge on any atom is 0.271 e. The number of rotatable bonds is 5. The van der Waals surface area contributed by atoms with Crippen LogP contribution >= 0.6 is 11.3 Å². The first kappa shape index (κ1) is 22.3. The monoisotopic (exact) mass is 462 g/mol. The van der Waals surface area contributed by atoms with Gasteiger partial charge in [0.05, 0.1) is 15.5 Å². The molecule has 168 valence electrons. The van der Waals surface area contributed by atoms with Crippen molar-refractivity contribution in [1.82, 2.24) is 4.57 Å². The Balaban J connectivity index is 1.89. The molecule has 0 aliphatic carbocycles. The molecule has 0 radical (unpaired) electrons. The predicted octanol–water partition coefficient (Wildman–Crippen LogP) is 2.80. The molecular formula is C24H22N4O4S. The second kappa shape index (κ2) is 8.59. The largest absolute Gasteiger partial charge is 0.378 e. The quantitative estimate of drug-likeness (QED) is 0.429.